The predicted octanol–water partition coefficient (Wildman–Crippen LogP) is 2.46. The Morgan fingerprint density at radius 1 is 1.29 bits per heavy atom. The Kier molecular flexibility index (Phi) is 4.18. The van der Waals surface area contributed by atoms with Crippen LogP contribution in [0.2, 0.25) is 0 Å². The molecule has 0 aliphatic carbocycles. The molecule has 1 unspecified atom stereocenters. The molecule has 4 nitrogen and oxygen atoms in total. The third-order valence-electron chi connectivity index (χ3n) is 4.78. The normalized spacial score (nSPS) is 23.1. The minimum Gasteiger partial charge on any atom is -0.381 e. The molecule has 0 saturated carbocycles. The van der Waals surface area contributed by atoms with Gasteiger partial charge in [0.1, 0.15) is 5.82 Å². The maximum absolute atomic E-state index is 5.58. The molecule has 1 aromatic heterocycles. The summed E-state index contributed by atoms with van der Waals surface area (Å²) in [5, 5.41) is 0. The SMILES string of the molecule is CC(C)c1ccc(C2CCOC2)c(N2CC(N(C)C)C2)n1. The van der Waals surface area contributed by atoms with E-state index in [-0.39, 0.29) is 0 Å². The molecular weight excluding hydrogens is 262 g/mol. The number of anilines is 1. The van der Waals surface area contributed by atoms with Gasteiger partial charge in [0.25, 0.3) is 0 Å². The maximum atomic E-state index is 5.58. The van der Waals surface area contributed by atoms with Crippen LogP contribution in [0.1, 0.15) is 43.4 Å². The third kappa shape index (κ3) is 2.92. The number of pyridine rings is 1. The van der Waals surface area contributed by atoms with Crippen LogP contribution in [-0.4, -0.2) is 56.3 Å². The van der Waals surface area contributed by atoms with Crippen LogP contribution in [0.15, 0.2) is 12.1 Å². The van der Waals surface area contributed by atoms with Crippen LogP contribution in [0.25, 0.3) is 0 Å². The summed E-state index contributed by atoms with van der Waals surface area (Å²) in [6.45, 7) is 8.33. The Labute approximate surface area is 128 Å². The number of hydrogen-bond acceptors (Lipinski definition) is 4. The van der Waals surface area contributed by atoms with Crippen molar-refractivity contribution in [1.82, 2.24) is 9.88 Å². The second-order valence-electron chi connectivity index (χ2n) is 6.89. The molecule has 2 fully saturated rings. The van der Waals surface area contributed by atoms with E-state index in [1.165, 1.54) is 17.1 Å². The van der Waals surface area contributed by atoms with Crippen molar-refractivity contribution in [2.24, 2.45) is 0 Å². The summed E-state index contributed by atoms with van der Waals surface area (Å²) >= 11 is 0. The highest BCUT2D eigenvalue weighted by atomic mass is 16.5. The van der Waals surface area contributed by atoms with E-state index in [2.05, 4.69) is 49.9 Å². The molecule has 1 atom stereocenters. The average molecular weight is 289 g/mol. The molecule has 3 rings (SSSR count). The summed E-state index contributed by atoms with van der Waals surface area (Å²) in [5.41, 5.74) is 2.58. The Balaban J connectivity index is 1.86. The summed E-state index contributed by atoms with van der Waals surface area (Å²) < 4.78 is 5.58. The van der Waals surface area contributed by atoms with Gasteiger partial charge in [-0.1, -0.05) is 19.9 Å². The lowest BCUT2D eigenvalue weighted by atomic mass is 9.95. The van der Waals surface area contributed by atoms with Gasteiger partial charge in [-0.15, -0.1) is 0 Å². The van der Waals surface area contributed by atoms with E-state index >= 15 is 0 Å². The van der Waals surface area contributed by atoms with E-state index in [9.17, 15) is 0 Å². The van der Waals surface area contributed by atoms with E-state index in [0.29, 0.717) is 17.9 Å². The van der Waals surface area contributed by atoms with Gasteiger partial charge in [0.15, 0.2) is 0 Å². The number of hydrogen-bond donors (Lipinski definition) is 0. The fraction of sp³-hybridized carbons (Fsp3) is 0.706. The first-order chi connectivity index (χ1) is 10.1. The van der Waals surface area contributed by atoms with Gasteiger partial charge in [0.2, 0.25) is 0 Å². The monoisotopic (exact) mass is 289 g/mol. The van der Waals surface area contributed by atoms with Crippen LogP contribution in [0.5, 0.6) is 0 Å². The molecule has 0 spiro atoms. The Morgan fingerprint density at radius 3 is 2.62 bits per heavy atom. The summed E-state index contributed by atoms with van der Waals surface area (Å²) in [6, 6.07) is 5.15. The van der Waals surface area contributed by atoms with E-state index in [1.54, 1.807) is 0 Å². The standard InChI is InChI=1S/C17H27N3O/c1-12(2)16-6-5-15(13-7-8-21-11-13)17(18-16)20-9-14(10-20)19(3)4/h5-6,12-14H,7-11H2,1-4H3. The van der Waals surface area contributed by atoms with Gasteiger partial charge >= 0.3 is 0 Å². The molecule has 2 aliphatic rings. The lowest BCUT2D eigenvalue weighted by molar-refractivity contribution is 0.193. The maximum Gasteiger partial charge on any atom is 0.132 e. The quantitative estimate of drug-likeness (QED) is 0.851. The second-order valence-corrected chi connectivity index (χ2v) is 6.89. The molecule has 116 valence electrons. The highest BCUT2D eigenvalue weighted by Crippen LogP contribution is 2.35. The molecule has 0 amide bonds. The molecular formula is C17H27N3O. The van der Waals surface area contributed by atoms with Gasteiger partial charge in [-0.2, -0.15) is 0 Å². The summed E-state index contributed by atoms with van der Waals surface area (Å²) in [7, 11) is 4.32. The van der Waals surface area contributed by atoms with Crippen molar-refractivity contribution in [2.75, 3.05) is 45.3 Å². The first kappa shape index (κ1) is 14.8. The summed E-state index contributed by atoms with van der Waals surface area (Å²) in [5.74, 6) is 2.20. The number of nitrogens with zero attached hydrogens (tertiary/aromatic N) is 3. The van der Waals surface area contributed by atoms with Crippen LogP contribution in [0.4, 0.5) is 5.82 Å². The molecule has 0 aromatic carbocycles. The van der Waals surface area contributed by atoms with Gasteiger partial charge in [-0.05, 0) is 32.5 Å². The van der Waals surface area contributed by atoms with Gasteiger partial charge < -0.3 is 14.5 Å². The molecule has 2 aliphatic heterocycles. The Bertz CT molecular complexity index is 489. The van der Waals surface area contributed by atoms with Gasteiger partial charge in [-0.3, -0.25) is 0 Å². The van der Waals surface area contributed by atoms with E-state index in [0.717, 1.165) is 32.7 Å². The first-order valence-corrected chi connectivity index (χ1v) is 8.06. The van der Waals surface area contributed by atoms with Crippen molar-refractivity contribution >= 4 is 5.82 Å². The van der Waals surface area contributed by atoms with Crippen molar-refractivity contribution in [3.05, 3.63) is 23.4 Å². The zero-order valence-electron chi connectivity index (χ0n) is 13.7. The van der Waals surface area contributed by atoms with E-state index in [1.807, 2.05) is 0 Å². The van der Waals surface area contributed by atoms with Crippen LogP contribution < -0.4 is 4.90 Å². The predicted molar refractivity (Wildman–Crippen MR) is 86.2 cm³/mol. The van der Waals surface area contributed by atoms with E-state index < -0.39 is 0 Å². The van der Waals surface area contributed by atoms with Crippen LogP contribution in [-0.2, 0) is 4.74 Å². The highest BCUT2D eigenvalue weighted by Gasteiger charge is 2.33. The van der Waals surface area contributed by atoms with E-state index in [4.69, 9.17) is 9.72 Å². The van der Waals surface area contributed by atoms with Crippen molar-refractivity contribution < 1.29 is 4.74 Å². The van der Waals surface area contributed by atoms with Gasteiger partial charge in [0, 0.05) is 42.9 Å². The number of aromatic nitrogens is 1. The average Bonchev–Trinajstić information content (AvgIpc) is 2.90. The zero-order chi connectivity index (χ0) is 15.0. The lowest BCUT2D eigenvalue weighted by Crippen LogP contribution is -2.58. The van der Waals surface area contributed by atoms with Crippen molar-refractivity contribution in [3.8, 4) is 0 Å². The minimum atomic E-state index is 0.476. The number of likely N-dealkylation sites (N-methyl/N-ethyl adjacent to an activating group) is 1. The fourth-order valence-electron chi connectivity index (χ4n) is 3.10. The van der Waals surface area contributed by atoms with Crippen LogP contribution in [0, 0.1) is 0 Å². The van der Waals surface area contributed by atoms with Crippen LogP contribution >= 0.6 is 0 Å². The molecule has 0 N–H and O–H groups in total. The smallest absolute Gasteiger partial charge is 0.132 e. The Hall–Kier alpha value is -1.13. The highest BCUT2D eigenvalue weighted by molar-refractivity contribution is 5.53. The number of rotatable bonds is 4. The Morgan fingerprint density at radius 2 is 2.05 bits per heavy atom. The second kappa shape index (κ2) is 5.93. The lowest BCUT2D eigenvalue weighted by Gasteiger charge is -2.44. The molecule has 4 heteroatoms. The van der Waals surface area contributed by atoms with Crippen molar-refractivity contribution in [1.29, 1.82) is 0 Å². The van der Waals surface area contributed by atoms with Crippen LogP contribution in [0.3, 0.4) is 0 Å². The molecule has 0 bridgehead atoms. The zero-order valence-corrected chi connectivity index (χ0v) is 13.7. The molecule has 3 heterocycles. The summed E-state index contributed by atoms with van der Waals surface area (Å²) in [6.07, 6.45) is 1.13. The third-order valence-corrected chi connectivity index (χ3v) is 4.78. The molecule has 2 saturated heterocycles. The van der Waals surface area contributed by atoms with Crippen molar-refractivity contribution in [3.63, 3.8) is 0 Å². The van der Waals surface area contributed by atoms with Gasteiger partial charge in [-0.25, -0.2) is 4.98 Å². The molecule has 1 aromatic rings. The van der Waals surface area contributed by atoms with Gasteiger partial charge in [0.05, 0.1) is 6.61 Å². The largest absolute Gasteiger partial charge is 0.381 e. The molecule has 0 radical (unpaired) electrons. The minimum absolute atomic E-state index is 0.476. The van der Waals surface area contributed by atoms with Crippen molar-refractivity contribution in [2.45, 2.75) is 38.1 Å². The first-order valence-electron chi connectivity index (χ1n) is 8.06. The molecule has 21 heavy (non-hydrogen) atoms. The summed E-state index contributed by atoms with van der Waals surface area (Å²) in [4.78, 5) is 9.73. The topological polar surface area (TPSA) is 28.6 Å². The number of ether oxygens (including phenoxy) is 1. The fourth-order valence-corrected chi connectivity index (χ4v) is 3.10.